The molecule has 3 rings (SSSR count). The summed E-state index contributed by atoms with van der Waals surface area (Å²) in [4.78, 5) is 12.3. The Bertz CT molecular complexity index is 717. The van der Waals surface area contributed by atoms with Crippen molar-refractivity contribution >= 4 is 20.4 Å². The van der Waals surface area contributed by atoms with Gasteiger partial charge >= 0.3 is 5.97 Å². The third-order valence-corrected chi connectivity index (χ3v) is 5.83. The van der Waals surface area contributed by atoms with Gasteiger partial charge in [0, 0.05) is 12.3 Å². The van der Waals surface area contributed by atoms with Crippen molar-refractivity contribution in [2.24, 2.45) is 5.92 Å². The van der Waals surface area contributed by atoms with Gasteiger partial charge < -0.3 is 13.9 Å². The molecule has 1 aliphatic carbocycles. The van der Waals surface area contributed by atoms with Crippen molar-refractivity contribution in [3.05, 3.63) is 53.3 Å². The Morgan fingerprint density at radius 2 is 1.96 bits per heavy atom. The predicted molar refractivity (Wildman–Crippen MR) is 105 cm³/mol. The Labute approximate surface area is 157 Å². The molecule has 5 heteroatoms. The van der Waals surface area contributed by atoms with Crippen LogP contribution >= 0.6 is 0 Å². The van der Waals surface area contributed by atoms with E-state index in [-0.39, 0.29) is 11.9 Å². The van der Waals surface area contributed by atoms with Gasteiger partial charge in [-0.3, -0.25) is 0 Å². The Hall–Kier alpha value is -1.85. The fourth-order valence-corrected chi connectivity index (χ4v) is 5.20. The molecule has 2 atom stereocenters. The zero-order valence-electron chi connectivity index (χ0n) is 16.1. The van der Waals surface area contributed by atoms with E-state index in [0.29, 0.717) is 17.8 Å². The summed E-state index contributed by atoms with van der Waals surface area (Å²) in [6.07, 6.45) is 7.44. The van der Waals surface area contributed by atoms with Crippen molar-refractivity contribution in [3.63, 3.8) is 0 Å². The molecule has 1 heterocycles. The summed E-state index contributed by atoms with van der Waals surface area (Å²) in [6, 6.07) is 9.99. The average molecular weight is 373 g/mol. The van der Waals surface area contributed by atoms with Gasteiger partial charge in [-0.2, -0.15) is 0 Å². The molecular formula is C21H28O4Si. The van der Waals surface area contributed by atoms with Crippen LogP contribution in [0.1, 0.15) is 31.2 Å². The summed E-state index contributed by atoms with van der Waals surface area (Å²) < 4.78 is 18.0. The highest BCUT2D eigenvalue weighted by Crippen LogP contribution is 2.49. The highest BCUT2D eigenvalue weighted by molar-refractivity contribution is 6.69. The van der Waals surface area contributed by atoms with Crippen LogP contribution in [0.15, 0.2) is 47.7 Å². The van der Waals surface area contributed by atoms with Crippen LogP contribution in [0, 0.1) is 5.92 Å². The molecule has 0 amide bonds. The number of carbonyl (C=O) groups is 1. The Morgan fingerprint density at radius 1 is 1.23 bits per heavy atom. The van der Waals surface area contributed by atoms with E-state index in [2.05, 4.69) is 19.6 Å². The number of rotatable bonds is 5. The molecule has 0 saturated heterocycles. The van der Waals surface area contributed by atoms with Crippen molar-refractivity contribution in [3.8, 4) is 0 Å². The third kappa shape index (κ3) is 4.10. The van der Waals surface area contributed by atoms with Crippen molar-refractivity contribution in [2.75, 3.05) is 7.11 Å². The number of carbonyl (C=O) groups excluding carboxylic acids is 1. The lowest BCUT2D eigenvalue weighted by Gasteiger charge is -2.44. The predicted octanol–water partition coefficient (Wildman–Crippen LogP) is 4.90. The molecular weight excluding hydrogens is 344 g/mol. The smallest absolute Gasteiger partial charge is 0.337 e. The molecule has 2 aliphatic rings. The Morgan fingerprint density at radius 3 is 2.62 bits per heavy atom. The van der Waals surface area contributed by atoms with Gasteiger partial charge in [0.25, 0.3) is 0 Å². The first-order valence-corrected chi connectivity index (χ1v) is 12.7. The van der Waals surface area contributed by atoms with E-state index >= 15 is 0 Å². The van der Waals surface area contributed by atoms with Crippen molar-refractivity contribution in [1.82, 2.24) is 0 Å². The Balaban J connectivity index is 1.96. The first-order valence-electron chi connectivity index (χ1n) is 9.27. The SMILES string of the molecule is COC(=O)C1=C(/C=C/c2ccccc2)O[C@]2(O[Si](C)(C)C)CCC[C@@H]2C1. The van der Waals surface area contributed by atoms with Crippen LogP contribution in [-0.2, 0) is 18.7 Å². The highest BCUT2D eigenvalue weighted by Gasteiger charge is 2.52. The largest absolute Gasteiger partial charge is 0.466 e. The monoisotopic (exact) mass is 372 g/mol. The van der Waals surface area contributed by atoms with E-state index in [9.17, 15) is 4.79 Å². The lowest BCUT2D eigenvalue weighted by atomic mass is 9.90. The van der Waals surface area contributed by atoms with Gasteiger partial charge in [-0.15, -0.1) is 0 Å². The molecule has 0 radical (unpaired) electrons. The van der Waals surface area contributed by atoms with E-state index in [4.69, 9.17) is 13.9 Å². The molecule has 26 heavy (non-hydrogen) atoms. The normalized spacial score (nSPS) is 25.9. The van der Waals surface area contributed by atoms with Crippen LogP contribution in [0.5, 0.6) is 0 Å². The summed E-state index contributed by atoms with van der Waals surface area (Å²) in [5.74, 6) is -0.126. The van der Waals surface area contributed by atoms with Crippen LogP contribution in [0.25, 0.3) is 6.08 Å². The first-order chi connectivity index (χ1) is 12.3. The van der Waals surface area contributed by atoms with Gasteiger partial charge in [0.05, 0.1) is 12.7 Å². The summed E-state index contributed by atoms with van der Waals surface area (Å²) in [5.41, 5.74) is 1.67. The average Bonchev–Trinajstić information content (AvgIpc) is 2.99. The van der Waals surface area contributed by atoms with Crippen LogP contribution in [0.4, 0.5) is 0 Å². The maximum atomic E-state index is 12.3. The number of methoxy groups -OCH3 is 1. The molecule has 0 N–H and O–H groups in total. The van der Waals surface area contributed by atoms with Crippen LogP contribution < -0.4 is 0 Å². The minimum Gasteiger partial charge on any atom is -0.466 e. The van der Waals surface area contributed by atoms with Gasteiger partial charge in [-0.1, -0.05) is 36.4 Å². The number of hydrogen-bond donors (Lipinski definition) is 0. The number of hydrogen-bond acceptors (Lipinski definition) is 4. The van der Waals surface area contributed by atoms with Crippen molar-refractivity contribution < 1.29 is 18.7 Å². The van der Waals surface area contributed by atoms with Gasteiger partial charge in [0.1, 0.15) is 5.76 Å². The van der Waals surface area contributed by atoms with Crippen LogP contribution in [0.2, 0.25) is 19.6 Å². The molecule has 0 unspecified atom stereocenters. The van der Waals surface area contributed by atoms with E-state index in [1.54, 1.807) is 0 Å². The van der Waals surface area contributed by atoms with Gasteiger partial charge in [0.2, 0.25) is 5.79 Å². The molecule has 0 spiro atoms. The van der Waals surface area contributed by atoms with Gasteiger partial charge in [0.15, 0.2) is 8.32 Å². The third-order valence-electron chi connectivity index (χ3n) is 4.87. The minimum atomic E-state index is -1.80. The Kier molecular flexibility index (Phi) is 5.39. The summed E-state index contributed by atoms with van der Waals surface area (Å²) in [6.45, 7) is 6.54. The van der Waals surface area contributed by atoms with E-state index in [0.717, 1.165) is 24.8 Å². The summed E-state index contributed by atoms with van der Waals surface area (Å²) >= 11 is 0. The topological polar surface area (TPSA) is 44.8 Å². The first kappa shape index (κ1) is 18.9. The minimum absolute atomic E-state index is 0.206. The quantitative estimate of drug-likeness (QED) is 0.545. The molecule has 1 aliphatic heterocycles. The van der Waals surface area contributed by atoms with Crippen molar-refractivity contribution in [2.45, 2.75) is 51.1 Å². The van der Waals surface area contributed by atoms with E-state index < -0.39 is 14.1 Å². The van der Waals surface area contributed by atoms with E-state index in [1.165, 1.54) is 7.11 Å². The van der Waals surface area contributed by atoms with E-state index in [1.807, 2.05) is 42.5 Å². The second-order valence-electron chi connectivity index (χ2n) is 8.00. The molecule has 0 bridgehead atoms. The fraction of sp³-hybridized carbons (Fsp3) is 0.476. The molecule has 0 aromatic heterocycles. The second kappa shape index (κ2) is 7.41. The molecule has 1 aromatic carbocycles. The summed E-state index contributed by atoms with van der Waals surface area (Å²) in [7, 11) is -0.382. The number of allylic oxidation sites excluding steroid dienone is 1. The van der Waals surface area contributed by atoms with Gasteiger partial charge in [-0.05, 0) is 50.5 Å². The molecule has 140 valence electrons. The lowest BCUT2D eigenvalue weighted by molar-refractivity contribution is -0.192. The maximum absolute atomic E-state index is 12.3. The number of ether oxygens (including phenoxy) is 2. The van der Waals surface area contributed by atoms with Crippen molar-refractivity contribution in [1.29, 1.82) is 0 Å². The molecule has 1 aromatic rings. The second-order valence-corrected chi connectivity index (χ2v) is 12.4. The molecule has 1 fully saturated rings. The zero-order valence-corrected chi connectivity index (χ0v) is 17.1. The highest BCUT2D eigenvalue weighted by atomic mass is 28.4. The maximum Gasteiger partial charge on any atom is 0.337 e. The summed E-state index contributed by atoms with van der Waals surface area (Å²) in [5, 5.41) is 0. The zero-order chi connectivity index (χ0) is 18.8. The standard InChI is InChI=1S/C21H28O4Si/c1-23-20(22)18-15-17-11-8-14-21(17,25-26(2,3)4)24-19(18)13-12-16-9-6-5-7-10-16/h5-7,9-10,12-13,17H,8,11,14-15H2,1-4H3/b13-12+/t17-,21+/m1/s1. The fourth-order valence-electron chi connectivity index (χ4n) is 3.86. The lowest BCUT2D eigenvalue weighted by Crippen LogP contribution is -2.49. The van der Waals surface area contributed by atoms with Crippen LogP contribution in [-0.4, -0.2) is 27.2 Å². The molecule has 4 nitrogen and oxygen atoms in total. The number of fused-ring (bicyclic) bond motifs is 1. The number of benzene rings is 1. The number of esters is 1. The van der Waals surface area contributed by atoms with Gasteiger partial charge in [-0.25, -0.2) is 4.79 Å². The van der Waals surface area contributed by atoms with Crippen LogP contribution in [0.3, 0.4) is 0 Å². The molecule has 1 saturated carbocycles.